The molecule has 0 N–H and O–H groups in total. The lowest BCUT2D eigenvalue weighted by molar-refractivity contribution is -0.384. The molecule has 27 heavy (non-hydrogen) atoms. The molecular formula is C19H12Cl2N4O2. The molecule has 134 valence electrons. The summed E-state index contributed by atoms with van der Waals surface area (Å²) >= 11 is 12.8. The molecule has 0 bridgehead atoms. The summed E-state index contributed by atoms with van der Waals surface area (Å²) in [5.41, 5.74) is 3.49. The van der Waals surface area contributed by atoms with Gasteiger partial charge >= 0.3 is 0 Å². The van der Waals surface area contributed by atoms with Gasteiger partial charge in [-0.15, -0.1) is 0 Å². The van der Waals surface area contributed by atoms with E-state index < -0.39 is 4.92 Å². The Balaban J connectivity index is 2.07. The van der Waals surface area contributed by atoms with Crippen LogP contribution in [0.5, 0.6) is 0 Å². The molecule has 0 radical (unpaired) electrons. The quantitative estimate of drug-likeness (QED) is 0.332. The number of aromatic nitrogens is 3. The third-order valence-corrected chi connectivity index (χ3v) is 4.92. The second kappa shape index (κ2) is 6.64. The highest BCUT2D eigenvalue weighted by molar-refractivity contribution is 6.35. The molecule has 0 unspecified atom stereocenters. The predicted octanol–water partition coefficient (Wildman–Crippen LogP) is 5.61. The average molecular weight is 399 g/mol. The smallest absolute Gasteiger partial charge is 0.271 e. The highest BCUT2D eigenvalue weighted by atomic mass is 35.5. The van der Waals surface area contributed by atoms with Crippen LogP contribution in [0, 0.1) is 17.0 Å². The summed E-state index contributed by atoms with van der Waals surface area (Å²) in [5, 5.41) is 13.0. The second-order valence-corrected chi connectivity index (χ2v) is 6.74. The van der Waals surface area contributed by atoms with Crippen molar-refractivity contribution < 1.29 is 4.92 Å². The Hall–Kier alpha value is -2.96. The summed E-state index contributed by atoms with van der Waals surface area (Å²) in [7, 11) is 0. The Morgan fingerprint density at radius 2 is 1.81 bits per heavy atom. The largest absolute Gasteiger partial charge is 0.283 e. The van der Waals surface area contributed by atoms with Gasteiger partial charge in [0.1, 0.15) is 17.1 Å². The van der Waals surface area contributed by atoms with Crippen molar-refractivity contribution in [1.82, 2.24) is 14.5 Å². The van der Waals surface area contributed by atoms with E-state index in [-0.39, 0.29) is 5.69 Å². The standard InChI is InChI=1S/C19H12Cl2N4O2/c1-11-16-17(12-5-7-13(20)8-6-12)18(21)24(19(16)23-10-22-11)14-3-2-4-15(9-14)25(26)27/h2-10H,1H3. The maximum absolute atomic E-state index is 11.2. The van der Waals surface area contributed by atoms with Crippen LogP contribution in [0.4, 0.5) is 5.69 Å². The first-order valence-electron chi connectivity index (χ1n) is 7.99. The minimum Gasteiger partial charge on any atom is -0.283 e. The number of benzene rings is 2. The zero-order valence-corrected chi connectivity index (χ0v) is 15.6. The molecule has 6 nitrogen and oxygen atoms in total. The normalized spacial score (nSPS) is 11.1. The maximum Gasteiger partial charge on any atom is 0.271 e. The van der Waals surface area contributed by atoms with Gasteiger partial charge in [-0.3, -0.25) is 14.7 Å². The lowest BCUT2D eigenvalue weighted by atomic mass is 10.1. The summed E-state index contributed by atoms with van der Waals surface area (Å²) in [6.07, 6.45) is 1.45. The first kappa shape index (κ1) is 17.5. The highest BCUT2D eigenvalue weighted by Crippen LogP contribution is 2.40. The fraction of sp³-hybridized carbons (Fsp3) is 0.0526. The lowest BCUT2D eigenvalue weighted by Crippen LogP contribution is -1.98. The van der Waals surface area contributed by atoms with Crippen molar-refractivity contribution in [3.63, 3.8) is 0 Å². The number of nitrogens with zero attached hydrogens (tertiary/aromatic N) is 4. The molecule has 0 aliphatic rings. The van der Waals surface area contributed by atoms with E-state index in [1.165, 1.54) is 18.5 Å². The predicted molar refractivity (Wildman–Crippen MR) is 106 cm³/mol. The Morgan fingerprint density at radius 3 is 2.52 bits per heavy atom. The van der Waals surface area contributed by atoms with E-state index in [4.69, 9.17) is 23.2 Å². The van der Waals surface area contributed by atoms with Gasteiger partial charge < -0.3 is 0 Å². The van der Waals surface area contributed by atoms with Crippen molar-refractivity contribution in [2.24, 2.45) is 0 Å². The molecule has 4 rings (SSSR count). The molecule has 2 aromatic heterocycles. The van der Waals surface area contributed by atoms with E-state index >= 15 is 0 Å². The van der Waals surface area contributed by atoms with Gasteiger partial charge in [0, 0.05) is 22.7 Å². The summed E-state index contributed by atoms with van der Waals surface area (Å²) < 4.78 is 1.70. The van der Waals surface area contributed by atoms with Crippen molar-refractivity contribution in [2.75, 3.05) is 0 Å². The van der Waals surface area contributed by atoms with Crippen LogP contribution in [0.3, 0.4) is 0 Å². The van der Waals surface area contributed by atoms with Crippen molar-refractivity contribution in [3.05, 3.63) is 80.8 Å². The van der Waals surface area contributed by atoms with E-state index in [0.717, 1.165) is 22.2 Å². The molecule has 0 amide bonds. The van der Waals surface area contributed by atoms with Crippen LogP contribution in [0.15, 0.2) is 54.9 Å². The van der Waals surface area contributed by atoms with Gasteiger partial charge in [0.25, 0.3) is 5.69 Å². The number of aryl methyl sites for hydroxylation is 1. The van der Waals surface area contributed by atoms with E-state index in [0.29, 0.717) is 21.5 Å². The number of nitro groups is 1. The summed E-state index contributed by atoms with van der Waals surface area (Å²) in [5.74, 6) is 0. The van der Waals surface area contributed by atoms with Gasteiger partial charge in [-0.05, 0) is 30.7 Å². The molecule has 0 fully saturated rings. The number of rotatable bonds is 3. The third kappa shape index (κ3) is 2.93. The molecule has 0 spiro atoms. The van der Waals surface area contributed by atoms with Crippen LogP contribution in [0.1, 0.15) is 5.69 Å². The summed E-state index contributed by atoms with van der Waals surface area (Å²) in [6.45, 7) is 1.87. The Bertz CT molecular complexity index is 1190. The van der Waals surface area contributed by atoms with Crippen LogP contribution >= 0.6 is 23.2 Å². The van der Waals surface area contributed by atoms with Gasteiger partial charge in [-0.25, -0.2) is 9.97 Å². The molecule has 0 atom stereocenters. The zero-order chi connectivity index (χ0) is 19.1. The third-order valence-electron chi connectivity index (χ3n) is 4.31. The molecule has 0 saturated carbocycles. The van der Waals surface area contributed by atoms with E-state index in [9.17, 15) is 10.1 Å². The molecule has 2 heterocycles. The van der Waals surface area contributed by atoms with Gasteiger partial charge in [0.15, 0.2) is 0 Å². The van der Waals surface area contributed by atoms with Crippen molar-refractivity contribution in [2.45, 2.75) is 6.92 Å². The topological polar surface area (TPSA) is 73.8 Å². The van der Waals surface area contributed by atoms with E-state index in [1.54, 1.807) is 28.8 Å². The monoisotopic (exact) mass is 398 g/mol. The number of halogens is 2. The minimum absolute atomic E-state index is 0.0239. The number of hydrogen-bond donors (Lipinski definition) is 0. The van der Waals surface area contributed by atoms with E-state index in [1.807, 2.05) is 19.1 Å². The Kier molecular flexibility index (Phi) is 4.30. The SMILES string of the molecule is Cc1ncnc2c1c(-c1ccc(Cl)cc1)c(Cl)n2-c1cccc([N+](=O)[O-])c1. The molecule has 0 aliphatic carbocycles. The van der Waals surface area contributed by atoms with E-state index in [2.05, 4.69) is 9.97 Å². The first-order valence-corrected chi connectivity index (χ1v) is 8.75. The van der Waals surface area contributed by atoms with Gasteiger partial charge in [-0.2, -0.15) is 0 Å². The van der Waals surface area contributed by atoms with Gasteiger partial charge in [0.2, 0.25) is 0 Å². The molecule has 4 aromatic rings. The van der Waals surface area contributed by atoms with Crippen LogP contribution in [-0.4, -0.2) is 19.5 Å². The average Bonchev–Trinajstić information content (AvgIpc) is 2.96. The number of nitro benzene ring substituents is 1. The zero-order valence-electron chi connectivity index (χ0n) is 14.1. The Labute approximate surface area is 164 Å². The van der Waals surface area contributed by atoms with Crippen LogP contribution < -0.4 is 0 Å². The van der Waals surface area contributed by atoms with Crippen LogP contribution in [-0.2, 0) is 0 Å². The summed E-state index contributed by atoms with van der Waals surface area (Å²) in [6, 6.07) is 13.6. The fourth-order valence-corrected chi connectivity index (χ4v) is 3.60. The molecule has 2 aromatic carbocycles. The molecule has 0 saturated heterocycles. The van der Waals surface area contributed by atoms with Crippen LogP contribution in [0.2, 0.25) is 10.2 Å². The van der Waals surface area contributed by atoms with Gasteiger partial charge in [0.05, 0.1) is 21.7 Å². The molecule has 0 aliphatic heterocycles. The van der Waals surface area contributed by atoms with Crippen molar-refractivity contribution in [1.29, 1.82) is 0 Å². The first-order chi connectivity index (χ1) is 13.0. The van der Waals surface area contributed by atoms with Crippen molar-refractivity contribution >= 4 is 39.9 Å². The maximum atomic E-state index is 11.2. The summed E-state index contributed by atoms with van der Waals surface area (Å²) in [4.78, 5) is 19.4. The van der Waals surface area contributed by atoms with Gasteiger partial charge in [-0.1, -0.05) is 41.4 Å². The Morgan fingerprint density at radius 1 is 1.07 bits per heavy atom. The molecule has 8 heteroatoms. The lowest BCUT2D eigenvalue weighted by Gasteiger charge is -2.07. The molecular weight excluding hydrogens is 387 g/mol. The van der Waals surface area contributed by atoms with Crippen LogP contribution in [0.25, 0.3) is 27.8 Å². The minimum atomic E-state index is -0.441. The fourth-order valence-electron chi connectivity index (χ4n) is 3.09. The van der Waals surface area contributed by atoms with Crippen molar-refractivity contribution in [3.8, 4) is 16.8 Å². The number of non-ortho nitro benzene ring substituents is 1. The number of fused-ring (bicyclic) bond motifs is 1. The second-order valence-electron chi connectivity index (χ2n) is 5.94. The highest BCUT2D eigenvalue weighted by Gasteiger charge is 2.22. The number of hydrogen-bond acceptors (Lipinski definition) is 4.